The number of nitrogens with zero attached hydrogens (tertiary/aromatic N) is 5. The fourth-order valence-corrected chi connectivity index (χ4v) is 3.08. The van der Waals surface area contributed by atoms with Crippen LogP contribution in [0, 0.1) is 0 Å². The van der Waals surface area contributed by atoms with Crippen molar-refractivity contribution in [1.29, 1.82) is 0 Å². The zero-order valence-electron chi connectivity index (χ0n) is 12.5. The van der Waals surface area contributed by atoms with Gasteiger partial charge in [-0.3, -0.25) is 4.79 Å². The monoisotopic (exact) mass is 327 g/mol. The number of halogens is 1. The molecule has 23 heavy (non-hydrogen) atoms. The minimum absolute atomic E-state index is 0.0270. The van der Waals surface area contributed by atoms with Crippen molar-refractivity contribution < 1.29 is 4.79 Å². The van der Waals surface area contributed by atoms with Crippen LogP contribution in [0.15, 0.2) is 30.6 Å². The molecule has 0 spiro atoms. The molecule has 0 saturated carbocycles. The van der Waals surface area contributed by atoms with Crippen LogP contribution in [-0.2, 0) is 11.2 Å². The van der Waals surface area contributed by atoms with Gasteiger partial charge in [-0.05, 0) is 25.0 Å². The number of aromatic nitrogens is 4. The van der Waals surface area contributed by atoms with Gasteiger partial charge in [0.2, 0.25) is 6.41 Å². The summed E-state index contributed by atoms with van der Waals surface area (Å²) in [5, 5.41) is 5.01. The van der Waals surface area contributed by atoms with Gasteiger partial charge in [0.25, 0.3) is 0 Å². The van der Waals surface area contributed by atoms with Crippen molar-refractivity contribution in [2.24, 2.45) is 0 Å². The maximum Gasteiger partial charge on any atom is 0.210 e. The Balaban J connectivity index is 1.80. The molecular formula is C16H14ClN5O. The molecule has 7 heteroatoms. The van der Waals surface area contributed by atoms with E-state index in [0.29, 0.717) is 10.7 Å². The van der Waals surface area contributed by atoms with Crippen LogP contribution >= 0.6 is 11.6 Å². The Labute approximate surface area is 137 Å². The van der Waals surface area contributed by atoms with Crippen molar-refractivity contribution in [3.8, 4) is 11.4 Å². The molecule has 6 nitrogen and oxygen atoms in total. The lowest BCUT2D eigenvalue weighted by Crippen LogP contribution is -2.33. The molecule has 0 aliphatic carbocycles. The summed E-state index contributed by atoms with van der Waals surface area (Å²) >= 11 is 5.94. The van der Waals surface area contributed by atoms with Crippen molar-refractivity contribution in [3.05, 3.63) is 46.9 Å². The molecule has 0 radical (unpaired) electrons. The topological polar surface area (TPSA) is 63.4 Å². The van der Waals surface area contributed by atoms with Crippen molar-refractivity contribution in [2.45, 2.75) is 19.4 Å². The molecule has 3 aromatic heterocycles. The molecule has 116 valence electrons. The van der Waals surface area contributed by atoms with E-state index in [2.05, 4.69) is 16.1 Å². The molecule has 0 fully saturated rings. The first-order valence-corrected chi connectivity index (χ1v) is 7.75. The van der Waals surface area contributed by atoms with E-state index >= 15 is 0 Å². The Hall–Kier alpha value is -2.47. The minimum atomic E-state index is -0.0270. The van der Waals surface area contributed by atoms with Gasteiger partial charge in [-0.2, -0.15) is 5.10 Å². The third-order valence-electron chi connectivity index (χ3n) is 4.22. The Morgan fingerprint density at radius 1 is 1.35 bits per heavy atom. The Morgan fingerprint density at radius 3 is 3.04 bits per heavy atom. The highest BCUT2D eigenvalue weighted by atomic mass is 35.5. The third kappa shape index (κ3) is 2.35. The number of rotatable bonds is 2. The van der Waals surface area contributed by atoms with E-state index in [4.69, 9.17) is 16.6 Å². The van der Waals surface area contributed by atoms with Gasteiger partial charge < -0.3 is 4.90 Å². The van der Waals surface area contributed by atoms with Crippen LogP contribution in [0.4, 0.5) is 0 Å². The normalized spacial score (nSPS) is 17.3. The lowest BCUT2D eigenvalue weighted by atomic mass is 9.98. The van der Waals surface area contributed by atoms with Gasteiger partial charge in [-0.1, -0.05) is 17.7 Å². The average Bonchev–Trinajstić information content (AvgIpc) is 2.98. The van der Waals surface area contributed by atoms with Crippen LogP contribution in [0.5, 0.6) is 0 Å². The molecule has 0 bridgehead atoms. The standard InChI is InChI=1S/C16H14ClN5O/c1-10-16-11(4-5-21(10)9-23)2-3-13(19-16)14-6-15-18-7-12(17)8-22(15)20-14/h2-3,6-10H,4-5H2,1H3. The molecule has 0 saturated heterocycles. The molecule has 1 aliphatic rings. The number of hydrogen-bond acceptors (Lipinski definition) is 4. The van der Waals surface area contributed by atoms with Crippen LogP contribution < -0.4 is 0 Å². The number of hydrogen-bond donors (Lipinski definition) is 0. The SMILES string of the molecule is CC1c2nc(-c3cc4ncc(Cl)cn4n3)ccc2CCN1C=O. The van der Waals surface area contributed by atoms with E-state index in [1.165, 1.54) is 5.56 Å². The summed E-state index contributed by atoms with van der Waals surface area (Å²) < 4.78 is 1.64. The Morgan fingerprint density at radius 2 is 2.22 bits per heavy atom. The second-order valence-electron chi connectivity index (χ2n) is 5.61. The van der Waals surface area contributed by atoms with Crippen molar-refractivity contribution >= 4 is 23.7 Å². The minimum Gasteiger partial charge on any atom is -0.337 e. The number of carbonyl (C=O) groups is 1. The first-order valence-electron chi connectivity index (χ1n) is 7.38. The predicted molar refractivity (Wildman–Crippen MR) is 86.1 cm³/mol. The summed E-state index contributed by atoms with van der Waals surface area (Å²) in [5.74, 6) is 0. The van der Waals surface area contributed by atoms with Crippen LogP contribution in [-0.4, -0.2) is 37.4 Å². The summed E-state index contributed by atoms with van der Waals surface area (Å²) in [6.07, 6.45) is 5.02. The molecule has 4 rings (SSSR count). The van der Waals surface area contributed by atoms with Gasteiger partial charge in [0.15, 0.2) is 5.65 Å². The molecule has 1 atom stereocenters. The number of carbonyl (C=O) groups excluding carboxylic acids is 1. The second-order valence-corrected chi connectivity index (χ2v) is 6.05. The van der Waals surface area contributed by atoms with E-state index in [0.717, 1.165) is 36.5 Å². The van der Waals surface area contributed by atoms with E-state index in [1.807, 2.05) is 19.1 Å². The fraction of sp³-hybridized carbons (Fsp3) is 0.250. The zero-order valence-corrected chi connectivity index (χ0v) is 13.2. The average molecular weight is 328 g/mol. The third-order valence-corrected chi connectivity index (χ3v) is 4.42. The molecule has 0 aromatic carbocycles. The van der Waals surface area contributed by atoms with E-state index < -0.39 is 0 Å². The van der Waals surface area contributed by atoms with Gasteiger partial charge in [-0.25, -0.2) is 14.5 Å². The lowest BCUT2D eigenvalue weighted by Gasteiger charge is -2.31. The lowest BCUT2D eigenvalue weighted by molar-refractivity contribution is -0.120. The van der Waals surface area contributed by atoms with Crippen LogP contribution in [0.3, 0.4) is 0 Å². The first-order chi connectivity index (χ1) is 11.2. The quantitative estimate of drug-likeness (QED) is 0.678. The number of pyridine rings is 1. The fourth-order valence-electron chi connectivity index (χ4n) is 2.94. The van der Waals surface area contributed by atoms with Gasteiger partial charge >= 0.3 is 0 Å². The first kappa shape index (κ1) is 14.1. The smallest absolute Gasteiger partial charge is 0.210 e. The highest BCUT2D eigenvalue weighted by Crippen LogP contribution is 2.29. The summed E-state index contributed by atoms with van der Waals surface area (Å²) in [4.78, 5) is 21.9. The number of fused-ring (bicyclic) bond motifs is 2. The molecule has 1 aliphatic heterocycles. The van der Waals surface area contributed by atoms with Crippen molar-refractivity contribution in [3.63, 3.8) is 0 Å². The van der Waals surface area contributed by atoms with Gasteiger partial charge in [0.1, 0.15) is 5.69 Å². The second kappa shape index (κ2) is 5.31. The highest BCUT2D eigenvalue weighted by Gasteiger charge is 2.24. The molecule has 0 N–H and O–H groups in total. The predicted octanol–water partition coefficient (Wildman–Crippen LogP) is 2.52. The maximum absolute atomic E-state index is 11.1. The zero-order chi connectivity index (χ0) is 16.0. The van der Waals surface area contributed by atoms with E-state index in [-0.39, 0.29) is 6.04 Å². The molecular weight excluding hydrogens is 314 g/mol. The summed E-state index contributed by atoms with van der Waals surface area (Å²) in [5.41, 5.74) is 4.34. The molecule has 1 amide bonds. The highest BCUT2D eigenvalue weighted by molar-refractivity contribution is 6.30. The van der Waals surface area contributed by atoms with Crippen molar-refractivity contribution in [2.75, 3.05) is 6.54 Å². The molecule has 3 aromatic rings. The van der Waals surface area contributed by atoms with Gasteiger partial charge in [-0.15, -0.1) is 0 Å². The van der Waals surface area contributed by atoms with Gasteiger partial charge in [0, 0.05) is 18.8 Å². The van der Waals surface area contributed by atoms with Crippen LogP contribution in [0.2, 0.25) is 5.02 Å². The van der Waals surface area contributed by atoms with E-state index in [9.17, 15) is 4.79 Å². The summed E-state index contributed by atoms with van der Waals surface area (Å²) in [6, 6.07) is 5.88. The Bertz CT molecular complexity index is 907. The molecule has 1 unspecified atom stereocenters. The largest absolute Gasteiger partial charge is 0.337 e. The molecule has 4 heterocycles. The van der Waals surface area contributed by atoms with E-state index in [1.54, 1.807) is 21.8 Å². The Kier molecular flexibility index (Phi) is 3.27. The van der Waals surface area contributed by atoms with Crippen LogP contribution in [0.1, 0.15) is 24.2 Å². The number of amides is 1. The van der Waals surface area contributed by atoms with Gasteiger partial charge in [0.05, 0.1) is 28.6 Å². The van der Waals surface area contributed by atoms with Crippen LogP contribution in [0.25, 0.3) is 17.0 Å². The van der Waals surface area contributed by atoms with Crippen molar-refractivity contribution in [1.82, 2.24) is 24.5 Å². The summed E-state index contributed by atoms with van der Waals surface area (Å²) in [7, 11) is 0. The maximum atomic E-state index is 11.1. The summed E-state index contributed by atoms with van der Waals surface area (Å²) in [6.45, 7) is 2.73.